The predicted octanol–water partition coefficient (Wildman–Crippen LogP) is 14.1. The molecule has 0 aromatic carbocycles. The fraction of sp³-hybridized carbons (Fsp3) is 0.840. The van der Waals surface area contributed by atoms with E-state index in [1.54, 1.807) is 0 Å². The number of hydrogen-bond donors (Lipinski definition) is 3. The quantitative estimate of drug-likeness (QED) is 0.0325. The number of hydrogen-bond acceptors (Lipinski definition) is 5. The summed E-state index contributed by atoms with van der Waals surface area (Å²) in [6.45, 7) is 6.34. The third-order valence-corrected chi connectivity index (χ3v) is 11.0. The summed E-state index contributed by atoms with van der Waals surface area (Å²) in [5, 5.41) is 23.7. The number of unbranched alkanes of at least 4 members (excludes halogenated alkanes) is 27. The Labute approximate surface area is 347 Å². The van der Waals surface area contributed by atoms with Crippen molar-refractivity contribution in [3.63, 3.8) is 0 Å². The maximum atomic E-state index is 13.1. The monoisotopic (exact) mass is 788 g/mol. The second-order valence-electron chi connectivity index (χ2n) is 16.6. The highest BCUT2D eigenvalue weighted by Gasteiger charge is 2.24. The lowest BCUT2D eigenvalue weighted by molar-refractivity contribution is -0.151. The summed E-state index contributed by atoms with van der Waals surface area (Å²) in [6.07, 6.45) is 50.6. The van der Waals surface area contributed by atoms with Crippen LogP contribution in [0.1, 0.15) is 245 Å². The van der Waals surface area contributed by atoms with Gasteiger partial charge in [0.1, 0.15) is 6.10 Å². The highest BCUT2D eigenvalue weighted by molar-refractivity contribution is 5.77. The summed E-state index contributed by atoms with van der Waals surface area (Å²) in [7, 11) is 0. The molecule has 0 aromatic rings. The number of rotatable bonds is 43. The van der Waals surface area contributed by atoms with E-state index in [0.717, 1.165) is 57.8 Å². The van der Waals surface area contributed by atoms with Crippen molar-refractivity contribution in [2.75, 3.05) is 6.61 Å². The van der Waals surface area contributed by atoms with Crippen LogP contribution in [-0.2, 0) is 14.3 Å². The molecular weight excluding hydrogens is 695 g/mol. The number of nitrogens with one attached hydrogen (secondary N) is 1. The molecule has 0 saturated heterocycles. The van der Waals surface area contributed by atoms with Crippen LogP contribution in [0.3, 0.4) is 0 Å². The molecule has 1 amide bonds. The molecular formula is C50H93NO5. The van der Waals surface area contributed by atoms with E-state index < -0.39 is 18.2 Å². The minimum atomic E-state index is -0.785. The highest BCUT2D eigenvalue weighted by atomic mass is 16.5. The average molecular weight is 788 g/mol. The molecule has 6 nitrogen and oxygen atoms in total. The van der Waals surface area contributed by atoms with Gasteiger partial charge in [-0.15, -0.1) is 0 Å². The Balaban J connectivity index is 4.49. The summed E-state index contributed by atoms with van der Waals surface area (Å²) in [6, 6.07) is -0.699. The van der Waals surface area contributed by atoms with Gasteiger partial charge in [0.2, 0.25) is 5.91 Å². The highest BCUT2D eigenvalue weighted by Crippen LogP contribution is 2.18. The minimum absolute atomic E-state index is 0.0755. The number of ether oxygens (including phenoxy) is 1. The van der Waals surface area contributed by atoms with Crippen LogP contribution in [0, 0.1) is 0 Å². The zero-order chi connectivity index (χ0) is 41.0. The number of allylic oxidation sites excluding steroid dienone is 6. The summed E-state index contributed by atoms with van der Waals surface area (Å²) >= 11 is 0. The van der Waals surface area contributed by atoms with Crippen LogP contribution in [0.2, 0.25) is 0 Å². The molecule has 0 saturated carbocycles. The number of carbonyl (C=O) groups is 2. The molecule has 0 bridgehead atoms. The molecule has 0 spiro atoms. The Bertz CT molecular complexity index is 930. The van der Waals surface area contributed by atoms with Crippen LogP contribution < -0.4 is 5.32 Å². The third-order valence-electron chi connectivity index (χ3n) is 11.0. The Kier molecular flexibility index (Phi) is 42.7. The van der Waals surface area contributed by atoms with E-state index in [1.165, 1.54) is 141 Å². The van der Waals surface area contributed by atoms with Crippen molar-refractivity contribution in [2.24, 2.45) is 0 Å². The smallest absolute Gasteiger partial charge is 0.306 e. The number of amides is 1. The Morgan fingerprint density at radius 1 is 0.536 bits per heavy atom. The van der Waals surface area contributed by atoms with Gasteiger partial charge in [0, 0.05) is 6.42 Å². The molecule has 56 heavy (non-hydrogen) atoms. The summed E-state index contributed by atoms with van der Waals surface area (Å²) in [5.74, 6) is -0.482. The molecule has 328 valence electrons. The van der Waals surface area contributed by atoms with Gasteiger partial charge in [-0.25, -0.2) is 0 Å². The lowest BCUT2D eigenvalue weighted by atomic mass is 10.0. The first kappa shape index (κ1) is 54.1. The molecule has 0 rings (SSSR count). The fourth-order valence-electron chi connectivity index (χ4n) is 7.37. The first-order valence-electron chi connectivity index (χ1n) is 24.2. The number of esters is 1. The van der Waals surface area contributed by atoms with E-state index in [1.807, 2.05) is 0 Å². The van der Waals surface area contributed by atoms with E-state index >= 15 is 0 Å². The molecule has 0 aliphatic heterocycles. The van der Waals surface area contributed by atoms with E-state index in [2.05, 4.69) is 62.5 Å². The lowest BCUT2D eigenvalue weighted by Crippen LogP contribution is -2.46. The van der Waals surface area contributed by atoms with Gasteiger partial charge in [0.15, 0.2) is 0 Å². The van der Waals surface area contributed by atoms with Gasteiger partial charge in [0.05, 0.1) is 25.2 Å². The number of aliphatic hydroxyl groups is 2. The molecule has 3 atom stereocenters. The molecule has 0 heterocycles. The Morgan fingerprint density at radius 3 is 1.45 bits per heavy atom. The van der Waals surface area contributed by atoms with Gasteiger partial charge in [-0.1, -0.05) is 224 Å². The molecule has 6 heteroatoms. The first-order chi connectivity index (χ1) is 27.5. The van der Waals surface area contributed by atoms with Crippen LogP contribution in [-0.4, -0.2) is 46.9 Å². The van der Waals surface area contributed by atoms with Gasteiger partial charge >= 0.3 is 5.97 Å². The van der Waals surface area contributed by atoms with Crippen molar-refractivity contribution in [1.29, 1.82) is 0 Å². The zero-order valence-electron chi connectivity index (χ0n) is 37.3. The number of aliphatic hydroxyl groups excluding tert-OH is 2. The van der Waals surface area contributed by atoms with Crippen molar-refractivity contribution < 1.29 is 24.5 Å². The van der Waals surface area contributed by atoms with Gasteiger partial charge in [-0.2, -0.15) is 0 Å². The molecule has 0 aliphatic carbocycles. The van der Waals surface area contributed by atoms with Crippen molar-refractivity contribution in [2.45, 2.75) is 264 Å². The zero-order valence-corrected chi connectivity index (χ0v) is 37.3. The van der Waals surface area contributed by atoms with Crippen molar-refractivity contribution in [3.05, 3.63) is 36.5 Å². The van der Waals surface area contributed by atoms with Crippen molar-refractivity contribution in [1.82, 2.24) is 5.32 Å². The summed E-state index contributed by atoms with van der Waals surface area (Å²) in [5.41, 5.74) is 0. The van der Waals surface area contributed by atoms with E-state index in [4.69, 9.17) is 4.74 Å². The standard InChI is InChI=1S/C50H93NO5/c1-4-7-10-13-16-19-21-23-24-26-28-31-34-37-40-43-50(55)56-46(41-38-35-32-29-18-15-12-9-6-3)44-49(54)51-47(45-52)48(53)42-39-36-33-30-27-25-22-20-17-14-11-8-5-2/h7,10,13,16,19,21,46-48,52-53H,4-6,8-9,11-12,14-15,17-18,20,22-45H2,1-3H3,(H,51,54)/b10-7+,16-13+,21-19+. The van der Waals surface area contributed by atoms with E-state index in [9.17, 15) is 19.8 Å². The minimum Gasteiger partial charge on any atom is -0.462 e. The summed E-state index contributed by atoms with van der Waals surface area (Å²) in [4.78, 5) is 26.0. The largest absolute Gasteiger partial charge is 0.462 e. The topological polar surface area (TPSA) is 95.9 Å². The molecule has 0 aliphatic rings. The van der Waals surface area contributed by atoms with Gasteiger partial charge in [-0.3, -0.25) is 9.59 Å². The number of carbonyl (C=O) groups excluding carboxylic acids is 2. The second-order valence-corrected chi connectivity index (χ2v) is 16.6. The van der Waals surface area contributed by atoms with E-state index in [0.29, 0.717) is 19.3 Å². The lowest BCUT2D eigenvalue weighted by Gasteiger charge is -2.24. The van der Waals surface area contributed by atoms with Gasteiger partial charge < -0.3 is 20.3 Å². The first-order valence-corrected chi connectivity index (χ1v) is 24.2. The van der Waals surface area contributed by atoms with Gasteiger partial charge in [-0.05, 0) is 44.9 Å². The molecule has 0 fully saturated rings. The van der Waals surface area contributed by atoms with Gasteiger partial charge in [0.25, 0.3) is 0 Å². The molecule has 0 aromatic heterocycles. The fourth-order valence-corrected chi connectivity index (χ4v) is 7.37. The van der Waals surface area contributed by atoms with Crippen molar-refractivity contribution in [3.8, 4) is 0 Å². The predicted molar refractivity (Wildman–Crippen MR) is 241 cm³/mol. The maximum Gasteiger partial charge on any atom is 0.306 e. The molecule has 0 radical (unpaired) electrons. The normalized spacial score (nSPS) is 13.6. The Morgan fingerprint density at radius 2 is 0.964 bits per heavy atom. The maximum absolute atomic E-state index is 13.1. The van der Waals surface area contributed by atoms with Crippen LogP contribution in [0.4, 0.5) is 0 Å². The van der Waals surface area contributed by atoms with Crippen LogP contribution >= 0.6 is 0 Å². The van der Waals surface area contributed by atoms with E-state index in [-0.39, 0.29) is 24.9 Å². The SMILES string of the molecule is CC/C=C/C=C/C=C/CCCCCCCCCC(=O)OC(CCCCCCCCCCC)CC(=O)NC(CO)C(O)CCCCCCCCCCCCCCC. The Hall–Kier alpha value is -1.92. The molecule has 3 unspecified atom stereocenters. The third kappa shape index (κ3) is 38.9. The molecule has 3 N–H and O–H groups in total. The van der Waals surface area contributed by atoms with Crippen LogP contribution in [0.5, 0.6) is 0 Å². The second kappa shape index (κ2) is 44.2. The summed E-state index contributed by atoms with van der Waals surface area (Å²) < 4.78 is 5.90. The van der Waals surface area contributed by atoms with Crippen LogP contribution in [0.25, 0.3) is 0 Å². The van der Waals surface area contributed by atoms with Crippen molar-refractivity contribution >= 4 is 11.9 Å². The van der Waals surface area contributed by atoms with Crippen LogP contribution in [0.15, 0.2) is 36.5 Å². The average Bonchev–Trinajstić information content (AvgIpc) is 3.19.